The number of allylic oxidation sites excluding steroid dienone is 1. The molecule has 0 unspecified atom stereocenters. The predicted molar refractivity (Wildman–Crippen MR) is 199 cm³/mol. The van der Waals surface area contributed by atoms with E-state index in [1.807, 2.05) is 6.92 Å². The molecule has 5 rings (SSSR count). The fourth-order valence-electron chi connectivity index (χ4n) is 6.91. The van der Waals surface area contributed by atoms with E-state index in [-0.39, 0.29) is 24.4 Å². The number of methoxy groups -OCH3 is 1. The van der Waals surface area contributed by atoms with Crippen LogP contribution in [0.15, 0.2) is 24.3 Å². The molecule has 3 aromatic rings. The van der Waals surface area contributed by atoms with Gasteiger partial charge in [-0.3, -0.25) is 9.78 Å². The number of unbranched alkanes of at least 4 members (excludes halogenated alkanes) is 1. The summed E-state index contributed by atoms with van der Waals surface area (Å²) in [5.74, 6) is -0.161. The van der Waals surface area contributed by atoms with E-state index in [1.165, 1.54) is 12.7 Å². The van der Waals surface area contributed by atoms with Gasteiger partial charge < -0.3 is 29.5 Å². The number of H-pyrrole nitrogens is 2. The first-order chi connectivity index (χ1) is 24.1. The summed E-state index contributed by atoms with van der Waals surface area (Å²) in [6, 6.07) is 8.48. The molecule has 3 N–H and O–H groups in total. The Kier molecular flexibility index (Phi) is 12.2. The van der Waals surface area contributed by atoms with Crippen LogP contribution in [-0.4, -0.2) is 65.5 Å². The van der Waals surface area contributed by atoms with E-state index >= 15 is 0 Å². The van der Waals surface area contributed by atoms with Crippen molar-refractivity contribution in [1.29, 1.82) is 0 Å². The fraction of sp³-hybridized carbons (Fsp3) is 0.500. The number of nitrogens with one attached hydrogen (secondary N) is 3. The number of ether oxygens (including phenoxy) is 3. The molecule has 0 aliphatic carbocycles. The molecule has 0 saturated carbocycles. The Morgan fingerprint density at radius 1 is 0.880 bits per heavy atom. The molecule has 5 heterocycles. The minimum absolute atomic E-state index is 0.0248. The molecular formula is C40H53N5O5. The molecule has 2 aliphatic rings. The molecule has 2 aliphatic heterocycles. The molecule has 1 amide bonds. The van der Waals surface area contributed by atoms with Crippen LogP contribution in [-0.2, 0) is 25.4 Å². The van der Waals surface area contributed by atoms with E-state index in [9.17, 15) is 9.59 Å². The third-order valence-corrected chi connectivity index (χ3v) is 10.2. The lowest BCUT2D eigenvalue weighted by Gasteiger charge is -2.16. The van der Waals surface area contributed by atoms with Gasteiger partial charge >= 0.3 is 12.1 Å². The topological polar surface area (TPSA) is 131 Å². The standard InChI is InChI=1S/C40H53N5O5/c1-9-11-16-49-17-12-15-41-40(47)50-22-30-26(6)33-20-35-25(5)29(13-14-38(46)48-8)39(45-35)27(7)32-18-23(3)31(42-32)19-36-28(10-2)24(4)34(43-36)21-37(30)44-33/h18-21,25,29,42-43H,9-17,22H2,1-8H3,(H,41,47)/t25-,29-/m0/s1. The molecule has 268 valence electrons. The lowest BCUT2D eigenvalue weighted by molar-refractivity contribution is -0.140. The number of hydrogen-bond acceptors (Lipinski definition) is 7. The number of rotatable bonds is 13. The predicted octanol–water partition coefficient (Wildman–Crippen LogP) is 8.51. The van der Waals surface area contributed by atoms with E-state index in [2.05, 4.69) is 81.1 Å². The van der Waals surface area contributed by atoms with Crippen LogP contribution in [0.2, 0.25) is 0 Å². The first-order valence-corrected chi connectivity index (χ1v) is 18.0. The number of carbonyl (C=O) groups is 2. The van der Waals surface area contributed by atoms with Gasteiger partial charge in [0, 0.05) is 77.0 Å². The molecule has 0 aromatic carbocycles. The first-order valence-electron chi connectivity index (χ1n) is 18.0. The summed E-state index contributed by atoms with van der Waals surface area (Å²) in [6.07, 6.45) is 4.18. The molecule has 50 heavy (non-hydrogen) atoms. The minimum Gasteiger partial charge on any atom is -0.469 e. The molecule has 0 fully saturated rings. The molecule has 10 heteroatoms. The number of nitrogens with zero attached hydrogens (tertiary/aromatic N) is 2. The van der Waals surface area contributed by atoms with Crippen LogP contribution in [0, 0.1) is 20.8 Å². The summed E-state index contributed by atoms with van der Waals surface area (Å²) in [5.41, 5.74) is 13.8. The highest BCUT2D eigenvalue weighted by molar-refractivity contribution is 5.93. The zero-order valence-electron chi connectivity index (χ0n) is 31.0. The summed E-state index contributed by atoms with van der Waals surface area (Å²) < 4.78 is 16.4. The summed E-state index contributed by atoms with van der Waals surface area (Å²) in [6.45, 7) is 16.7. The fourth-order valence-corrected chi connectivity index (χ4v) is 6.91. The number of alkyl carbamates (subject to hydrolysis) is 1. The number of carbonyl (C=O) groups excluding carboxylic acids is 2. The summed E-state index contributed by atoms with van der Waals surface area (Å²) in [4.78, 5) is 42.7. The molecule has 2 atom stereocenters. The lowest BCUT2D eigenvalue weighted by atomic mass is 9.86. The average molecular weight is 684 g/mol. The Morgan fingerprint density at radius 3 is 2.36 bits per heavy atom. The summed E-state index contributed by atoms with van der Waals surface area (Å²) >= 11 is 0. The molecule has 0 spiro atoms. The Balaban J connectivity index is 1.60. The van der Waals surface area contributed by atoms with Gasteiger partial charge in [-0.2, -0.15) is 0 Å². The van der Waals surface area contributed by atoms with Gasteiger partial charge in [0.1, 0.15) is 6.61 Å². The van der Waals surface area contributed by atoms with Crippen molar-refractivity contribution >= 4 is 45.3 Å². The highest BCUT2D eigenvalue weighted by atomic mass is 16.5. The van der Waals surface area contributed by atoms with Crippen molar-refractivity contribution < 1.29 is 23.8 Å². The number of aromatic amines is 2. The largest absolute Gasteiger partial charge is 0.469 e. The minimum atomic E-state index is -0.469. The van der Waals surface area contributed by atoms with E-state index < -0.39 is 6.09 Å². The maximum Gasteiger partial charge on any atom is 0.407 e. The van der Waals surface area contributed by atoms with Gasteiger partial charge in [0.2, 0.25) is 0 Å². The van der Waals surface area contributed by atoms with Gasteiger partial charge in [0.25, 0.3) is 0 Å². The number of amides is 1. The van der Waals surface area contributed by atoms with E-state index in [0.29, 0.717) is 26.0 Å². The summed E-state index contributed by atoms with van der Waals surface area (Å²) in [7, 11) is 1.43. The number of aryl methyl sites for hydroxylation is 4. The normalized spacial score (nSPS) is 15.8. The van der Waals surface area contributed by atoms with E-state index in [4.69, 9.17) is 24.2 Å². The zero-order chi connectivity index (χ0) is 35.9. The number of aromatic nitrogens is 4. The average Bonchev–Trinajstić information content (AvgIpc) is 3.80. The van der Waals surface area contributed by atoms with Crippen molar-refractivity contribution in [3.8, 4) is 0 Å². The number of esters is 1. The second-order valence-electron chi connectivity index (χ2n) is 13.5. The van der Waals surface area contributed by atoms with Crippen LogP contribution in [0.1, 0.15) is 117 Å². The highest BCUT2D eigenvalue weighted by Crippen LogP contribution is 2.42. The Bertz CT molecular complexity index is 1920. The third kappa shape index (κ3) is 8.12. The van der Waals surface area contributed by atoms with Crippen LogP contribution in [0.5, 0.6) is 0 Å². The van der Waals surface area contributed by atoms with Crippen molar-refractivity contribution in [2.45, 2.75) is 98.8 Å². The number of hydrogen-bond donors (Lipinski definition) is 3. The second kappa shape index (κ2) is 16.5. The van der Waals surface area contributed by atoms with Gasteiger partial charge in [0.05, 0.1) is 18.5 Å². The van der Waals surface area contributed by atoms with Crippen LogP contribution in [0.3, 0.4) is 0 Å². The molecule has 0 radical (unpaired) electrons. The van der Waals surface area contributed by atoms with Gasteiger partial charge in [-0.05, 0) is 105 Å². The van der Waals surface area contributed by atoms with Crippen LogP contribution in [0.25, 0.3) is 33.2 Å². The van der Waals surface area contributed by atoms with Gasteiger partial charge in [0.15, 0.2) is 0 Å². The summed E-state index contributed by atoms with van der Waals surface area (Å²) in [5, 5.41) is 2.85. The van der Waals surface area contributed by atoms with E-state index in [0.717, 1.165) is 105 Å². The highest BCUT2D eigenvalue weighted by Gasteiger charge is 2.31. The van der Waals surface area contributed by atoms with E-state index in [1.54, 1.807) is 0 Å². The maximum atomic E-state index is 12.7. The van der Waals surface area contributed by atoms with Crippen LogP contribution >= 0.6 is 0 Å². The molecule has 10 nitrogen and oxygen atoms in total. The quantitative estimate of drug-likeness (QED) is 0.122. The smallest absolute Gasteiger partial charge is 0.407 e. The first kappa shape index (κ1) is 36.8. The second-order valence-corrected chi connectivity index (χ2v) is 13.5. The molecule has 0 saturated heterocycles. The van der Waals surface area contributed by atoms with Gasteiger partial charge in [-0.1, -0.05) is 27.2 Å². The van der Waals surface area contributed by atoms with Gasteiger partial charge in [-0.15, -0.1) is 0 Å². The zero-order valence-corrected chi connectivity index (χ0v) is 31.0. The lowest BCUT2D eigenvalue weighted by Crippen LogP contribution is -2.26. The van der Waals surface area contributed by atoms with Crippen molar-refractivity contribution in [1.82, 2.24) is 25.3 Å². The van der Waals surface area contributed by atoms with Crippen molar-refractivity contribution in [2.75, 3.05) is 33.5 Å². The Labute approximate surface area is 295 Å². The van der Waals surface area contributed by atoms with Crippen molar-refractivity contribution in [3.05, 3.63) is 69.3 Å². The van der Waals surface area contributed by atoms with Crippen LogP contribution < -0.4 is 5.32 Å². The SMILES string of the molecule is CCCCOCCCNC(=O)OCC1=C(C)c2cc3nc(c(C)c4cc(C)c(cc5[nH]c(cc1n2)c(C)c5CC)[nH]4)[C@@H](CCC(=O)OC)[C@@H]3C. The van der Waals surface area contributed by atoms with Crippen LogP contribution in [0.4, 0.5) is 4.79 Å². The molecule has 8 bridgehead atoms. The van der Waals surface area contributed by atoms with Crippen molar-refractivity contribution in [2.24, 2.45) is 0 Å². The Hall–Kier alpha value is -4.44. The monoisotopic (exact) mass is 683 g/mol. The number of fused-ring (bicyclic) bond motifs is 8. The maximum absolute atomic E-state index is 12.7. The van der Waals surface area contributed by atoms with Gasteiger partial charge in [-0.25, -0.2) is 9.78 Å². The molecular weight excluding hydrogens is 630 g/mol. The third-order valence-electron chi connectivity index (χ3n) is 10.2. The van der Waals surface area contributed by atoms with Crippen molar-refractivity contribution in [3.63, 3.8) is 0 Å². The molecule has 3 aromatic heterocycles. The Morgan fingerprint density at radius 2 is 1.62 bits per heavy atom.